The largest absolute Gasteiger partial charge is 0.391 e. The average Bonchev–Trinajstić information content (AvgIpc) is 2.74. The van der Waals surface area contributed by atoms with Gasteiger partial charge in [-0.15, -0.1) is 0 Å². The maximum atomic E-state index is 9.42. The molecule has 0 aromatic carbocycles. The van der Waals surface area contributed by atoms with E-state index in [1.807, 2.05) is 17.8 Å². The monoisotopic (exact) mass is 241 g/mol. The molecule has 0 spiro atoms. The summed E-state index contributed by atoms with van der Waals surface area (Å²) in [5.74, 6) is 0. The van der Waals surface area contributed by atoms with Gasteiger partial charge in [-0.25, -0.2) is 0 Å². The van der Waals surface area contributed by atoms with Crippen LogP contribution >= 0.6 is 0 Å². The third kappa shape index (κ3) is 3.80. The molecule has 0 bridgehead atoms. The number of aliphatic hydroxyl groups excluding tert-OH is 1. The molecule has 0 saturated heterocycles. The van der Waals surface area contributed by atoms with Crippen molar-refractivity contribution in [2.24, 2.45) is 5.73 Å². The molecule has 5 nitrogen and oxygen atoms in total. The van der Waals surface area contributed by atoms with Crippen LogP contribution in [0, 0.1) is 0 Å². The highest BCUT2D eigenvalue weighted by Crippen LogP contribution is 2.19. The van der Waals surface area contributed by atoms with Gasteiger partial charge in [0.1, 0.15) is 0 Å². The first-order chi connectivity index (χ1) is 7.95. The summed E-state index contributed by atoms with van der Waals surface area (Å²) < 4.78 is 7.58. The van der Waals surface area contributed by atoms with Crippen molar-refractivity contribution in [1.82, 2.24) is 9.78 Å². The van der Waals surface area contributed by atoms with Crippen molar-refractivity contribution in [3.8, 4) is 0 Å². The van der Waals surface area contributed by atoms with Crippen LogP contribution in [0.4, 0.5) is 0 Å². The van der Waals surface area contributed by atoms with Gasteiger partial charge in [-0.3, -0.25) is 4.68 Å². The van der Waals surface area contributed by atoms with Gasteiger partial charge >= 0.3 is 0 Å². The second kappa shape index (κ2) is 6.14. The highest BCUT2D eigenvalue weighted by atomic mass is 16.5. The summed E-state index contributed by atoms with van der Waals surface area (Å²) in [6, 6.07) is 0.316. The first kappa shape index (κ1) is 14.2. The van der Waals surface area contributed by atoms with E-state index in [1.165, 1.54) is 0 Å². The van der Waals surface area contributed by atoms with E-state index in [0.29, 0.717) is 12.6 Å². The molecule has 5 heteroatoms. The molecule has 1 aromatic heterocycles. The molecule has 0 radical (unpaired) electrons. The second-order valence-electron chi connectivity index (χ2n) is 4.65. The lowest BCUT2D eigenvalue weighted by Crippen LogP contribution is -2.28. The van der Waals surface area contributed by atoms with Crippen LogP contribution in [-0.2, 0) is 4.74 Å². The van der Waals surface area contributed by atoms with E-state index >= 15 is 0 Å². The molecule has 3 unspecified atom stereocenters. The number of rotatable bonds is 6. The summed E-state index contributed by atoms with van der Waals surface area (Å²) in [5, 5.41) is 13.7. The number of hydrogen-bond acceptors (Lipinski definition) is 4. The fourth-order valence-corrected chi connectivity index (χ4v) is 1.44. The topological polar surface area (TPSA) is 73.3 Å². The minimum Gasteiger partial charge on any atom is -0.391 e. The van der Waals surface area contributed by atoms with E-state index < -0.39 is 6.10 Å². The summed E-state index contributed by atoms with van der Waals surface area (Å²) in [5.41, 5.74) is 6.65. The molecule has 1 aromatic rings. The van der Waals surface area contributed by atoms with Crippen LogP contribution < -0.4 is 5.73 Å². The van der Waals surface area contributed by atoms with E-state index in [9.17, 15) is 5.11 Å². The van der Waals surface area contributed by atoms with Gasteiger partial charge in [0.15, 0.2) is 0 Å². The van der Waals surface area contributed by atoms with Crippen LogP contribution in [0.5, 0.6) is 0 Å². The Labute approximate surface area is 103 Å². The Hall–Kier alpha value is -0.910. The van der Waals surface area contributed by atoms with Crippen molar-refractivity contribution in [3.63, 3.8) is 0 Å². The van der Waals surface area contributed by atoms with Crippen LogP contribution in [0.2, 0.25) is 0 Å². The zero-order chi connectivity index (χ0) is 13.0. The average molecular weight is 241 g/mol. The van der Waals surface area contributed by atoms with Crippen molar-refractivity contribution >= 4 is 0 Å². The van der Waals surface area contributed by atoms with Gasteiger partial charge in [-0.05, 0) is 27.7 Å². The molecule has 0 saturated carbocycles. The molecule has 17 heavy (non-hydrogen) atoms. The Balaban J connectivity index is 2.72. The molecule has 1 heterocycles. The minimum absolute atomic E-state index is 0.216. The molecule has 3 N–H and O–H groups in total. The van der Waals surface area contributed by atoms with E-state index in [0.717, 1.165) is 5.56 Å². The summed E-state index contributed by atoms with van der Waals surface area (Å²) in [6.45, 7) is 8.04. The molecular formula is C12H23N3O2. The molecular weight excluding hydrogens is 218 g/mol. The lowest BCUT2D eigenvalue weighted by atomic mass is 10.2. The second-order valence-corrected chi connectivity index (χ2v) is 4.65. The summed E-state index contributed by atoms with van der Waals surface area (Å²) in [7, 11) is 0. The number of nitrogens with two attached hydrogens (primary N) is 1. The predicted octanol–water partition coefficient (Wildman–Crippen LogP) is 1.25. The number of aliphatic hydroxyl groups is 1. The Morgan fingerprint density at radius 1 is 1.41 bits per heavy atom. The Morgan fingerprint density at radius 3 is 2.47 bits per heavy atom. The van der Waals surface area contributed by atoms with Crippen LogP contribution in [0.3, 0.4) is 0 Å². The van der Waals surface area contributed by atoms with E-state index in [2.05, 4.69) is 18.9 Å². The van der Waals surface area contributed by atoms with Crippen molar-refractivity contribution in [2.75, 3.05) is 6.54 Å². The first-order valence-electron chi connectivity index (χ1n) is 6.03. The van der Waals surface area contributed by atoms with Crippen molar-refractivity contribution < 1.29 is 9.84 Å². The summed E-state index contributed by atoms with van der Waals surface area (Å²) >= 11 is 0. The third-order valence-electron chi connectivity index (χ3n) is 2.79. The van der Waals surface area contributed by atoms with Crippen molar-refractivity contribution in [2.45, 2.75) is 52.0 Å². The van der Waals surface area contributed by atoms with Gasteiger partial charge in [0.2, 0.25) is 0 Å². The standard InChI is InChI=1S/C12H23N3O2/c1-8(2)15-7-11(6-14-15)12(5-13)17-10(4)9(3)16/h6-10,12,16H,5,13H2,1-4H3. The molecule has 0 amide bonds. The van der Waals surface area contributed by atoms with Gasteiger partial charge in [-0.2, -0.15) is 5.10 Å². The smallest absolute Gasteiger partial charge is 0.0982 e. The normalized spacial score (nSPS) is 17.1. The fourth-order valence-electron chi connectivity index (χ4n) is 1.44. The van der Waals surface area contributed by atoms with Gasteiger partial charge in [-0.1, -0.05) is 0 Å². The fraction of sp³-hybridized carbons (Fsp3) is 0.750. The lowest BCUT2D eigenvalue weighted by molar-refractivity contribution is -0.0592. The molecule has 0 aliphatic rings. The SMILES string of the molecule is CC(O)C(C)OC(CN)c1cnn(C(C)C)c1. The number of ether oxygens (including phenoxy) is 1. The Kier molecular flexibility index (Phi) is 5.11. The van der Waals surface area contributed by atoms with Gasteiger partial charge in [0, 0.05) is 24.3 Å². The Morgan fingerprint density at radius 2 is 2.06 bits per heavy atom. The summed E-state index contributed by atoms with van der Waals surface area (Å²) in [4.78, 5) is 0. The molecule has 0 fully saturated rings. The van der Waals surface area contributed by atoms with Gasteiger partial charge in [0.05, 0.1) is 24.5 Å². The zero-order valence-electron chi connectivity index (χ0n) is 11.0. The predicted molar refractivity (Wildman–Crippen MR) is 66.6 cm³/mol. The molecule has 98 valence electrons. The van der Waals surface area contributed by atoms with Crippen LogP contribution in [0.1, 0.15) is 45.4 Å². The molecule has 1 rings (SSSR count). The number of nitrogens with zero attached hydrogens (tertiary/aromatic N) is 2. The minimum atomic E-state index is -0.510. The highest BCUT2D eigenvalue weighted by Gasteiger charge is 2.19. The maximum Gasteiger partial charge on any atom is 0.0982 e. The highest BCUT2D eigenvalue weighted by molar-refractivity contribution is 5.09. The van der Waals surface area contributed by atoms with Crippen molar-refractivity contribution in [1.29, 1.82) is 0 Å². The zero-order valence-corrected chi connectivity index (χ0v) is 11.0. The Bertz CT molecular complexity index is 336. The molecule has 0 aliphatic heterocycles. The van der Waals surface area contributed by atoms with Gasteiger partial charge in [0.25, 0.3) is 0 Å². The summed E-state index contributed by atoms with van der Waals surface area (Å²) in [6.07, 6.45) is 2.74. The van der Waals surface area contributed by atoms with E-state index in [-0.39, 0.29) is 12.2 Å². The van der Waals surface area contributed by atoms with E-state index in [1.54, 1.807) is 13.1 Å². The lowest BCUT2D eigenvalue weighted by Gasteiger charge is -2.22. The third-order valence-corrected chi connectivity index (χ3v) is 2.79. The molecule has 3 atom stereocenters. The van der Waals surface area contributed by atoms with Gasteiger partial charge < -0.3 is 15.6 Å². The van der Waals surface area contributed by atoms with Crippen LogP contribution in [0.25, 0.3) is 0 Å². The van der Waals surface area contributed by atoms with Crippen molar-refractivity contribution in [3.05, 3.63) is 18.0 Å². The van der Waals surface area contributed by atoms with Crippen LogP contribution in [-0.4, -0.2) is 33.6 Å². The quantitative estimate of drug-likeness (QED) is 0.786. The number of hydrogen-bond donors (Lipinski definition) is 2. The van der Waals surface area contributed by atoms with E-state index in [4.69, 9.17) is 10.5 Å². The maximum absolute atomic E-state index is 9.42. The van der Waals surface area contributed by atoms with Crippen LogP contribution in [0.15, 0.2) is 12.4 Å². The molecule has 0 aliphatic carbocycles. The first-order valence-corrected chi connectivity index (χ1v) is 6.03. The number of aromatic nitrogens is 2.